The molecule has 29 heavy (non-hydrogen) atoms. The van der Waals surface area contributed by atoms with Gasteiger partial charge < -0.3 is 15.2 Å². The molecule has 0 amide bonds. The lowest BCUT2D eigenvalue weighted by Crippen LogP contribution is -2.37. The van der Waals surface area contributed by atoms with Crippen LogP contribution in [0.5, 0.6) is 0 Å². The van der Waals surface area contributed by atoms with Gasteiger partial charge in [0.15, 0.2) is 0 Å². The third kappa shape index (κ3) is 5.22. The molecule has 2 N–H and O–H groups in total. The van der Waals surface area contributed by atoms with Crippen LogP contribution in [0.25, 0.3) is 10.9 Å². The van der Waals surface area contributed by atoms with Crippen molar-refractivity contribution >= 4 is 23.3 Å². The van der Waals surface area contributed by atoms with E-state index in [4.69, 9.17) is 0 Å². The molecule has 0 spiro atoms. The first-order chi connectivity index (χ1) is 13.7. The van der Waals surface area contributed by atoms with Crippen molar-refractivity contribution < 1.29 is 0 Å². The zero-order valence-electron chi connectivity index (χ0n) is 17.6. The number of fused-ring (bicyclic) bond motifs is 1. The number of aromatic amines is 1. The second-order valence-corrected chi connectivity index (χ2v) is 8.49. The number of nitrogens with one attached hydrogen (secondary N) is 2. The van der Waals surface area contributed by atoms with Crippen LogP contribution in [-0.4, -0.2) is 36.6 Å². The van der Waals surface area contributed by atoms with Crippen molar-refractivity contribution in [2.75, 3.05) is 20.6 Å². The van der Waals surface area contributed by atoms with E-state index in [1.807, 2.05) is 0 Å². The molecule has 3 aromatic rings. The van der Waals surface area contributed by atoms with Gasteiger partial charge in [0, 0.05) is 29.2 Å². The predicted molar refractivity (Wildman–Crippen MR) is 126 cm³/mol. The fraction of sp³-hybridized carbons (Fsp3) is 0.440. The van der Waals surface area contributed by atoms with Gasteiger partial charge in [0.1, 0.15) is 0 Å². The number of hydrogen-bond acceptors (Lipinski definition) is 2. The fourth-order valence-corrected chi connectivity index (χ4v) is 5.03. The number of nitrogens with zero attached hydrogens (tertiary/aromatic N) is 1. The van der Waals surface area contributed by atoms with Crippen LogP contribution in [0.3, 0.4) is 0 Å². The Kier molecular flexibility index (Phi) is 7.77. The number of H-pyrrole nitrogens is 1. The Morgan fingerprint density at radius 2 is 1.66 bits per heavy atom. The van der Waals surface area contributed by atoms with Crippen molar-refractivity contribution in [3.8, 4) is 0 Å². The number of hydrogen-bond donors (Lipinski definition) is 2. The van der Waals surface area contributed by atoms with Crippen LogP contribution in [0.2, 0.25) is 0 Å². The minimum atomic E-state index is 0. The fourth-order valence-electron chi connectivity index (χ4n) is 5.03. The summed E-state index contributed by atoms with van der Waals surface area (Å²) in [7, 11) is 4.45. The van der Waals surface area contributed by atoms with Gasteiger partial charge in [0.2, 0.25) is 0 Å². The van der Waals surface area contributed by atoms with Crippen molar-refractivity contribution in [1.82, 2.24) is 15.2 Å². The summed E-state index contributed by atoms with van der Waals surface area (Å²) in [5, 5.41) is 5.19. The van der Waals surface area contributed by atoms with E-state index in [0.717, 1.165) is 18.9 Å². The zero-order valence-corrected chi connectivity index (χ0v) is 18.4. The molecule has 1 aliphatic rings. The Labute approximate surface area is 181 Å². The quantitative estimate of drug-likeness (QED) is 0.531. The standard InChI is InChI=1S/C25H33N3.ClH/c1-28(2)25(19-8-4-3-5-9-19)20-12-14-22(15-13-20)26-17-16-21-18-27-24-11-7-6-10-23(21)24;/h3-11,18,20,22,25-27H,12-17H2,1-2H3;1H. The van der Waals surface area contributed by atoms with Crippen molar-refractivity contribution in [1.29, 1.82) is 0 Å². The first-order valence-electron chi connectivity index (χ1n) is 10.7. The summed E-state index contributed by atoms with van der Waals surface area (Å²) in [5.41, 5.74) is 4.13. The van der Waals surface area contributed by atoms with Crippen LogP contribution < -0.4 is 5.32 Å². The Hall–Kier alpha value is -1.81. The molecule has 3 nitrogen and oxygen atoms in total. The first-order valence-corrected chi connectivity index (χ1v) is 10.7. The summed E-state index contributed by atoms with van der Waals surface area (Å²) in [4.78, 5) is 5.80. The molecule has 0 aliphatic heterocycles. The Balaban J connectivity index is 0.00000240. The molecule has 1 fully saturated rings. The van der Waals surface area contributed by atoms with Crippen LogP contribution in [0, 0.1) is 5.92 Å². The molecule has 4 heteroatoms. The number of halogens is 1. The average molecular weight is 412 g/mol. The molecule has 0 bridgehead atoms. The number of para-hydroxylation sites is 1. The van der Waals surface area contributed by atoms with Crippen LogP contribution in [0.1, 0.15) is 42.9 Å². The van der Waals surface area contributed by atoms with E-state index in [2.05, 4.69) is 90.1 Å². The maximum absolute atomic E-state index is 3.83. The lowest BCUT2D eigenvalue weighted by atomic mass is 9.78. The second-order valence-electron chi connectivity index (χ2n) is 8.49. The molecule has 4 rings (SSSR count). The maximum Gasteiger partial charge on any atom is 0.0456 e. The zero-order chi connectivity index (χ0) is 19.3. The van der Waals surface area contributed by atoms with E-state index in [1.54, 1.807) is 0 Å². The highest BCUT2D eigenvalue weighted by Gasteiger charge is 2.29. The summed E-state index contributed by atoms with van der Waals surface area (Å²) < 4.78 is 0. The van der Waals surface area contributed by atoms with Gasteiger partial charge in [-0.1, -0.05) is 48.5 Å². The van der Waals surface area contributed by atoms with Gasteiger partial charge in [-0.25, -0.2) is 0 Å². The normalized spacial score (nSPS) is 20.5. The largest absolute Gasteiger partial charge is 0.361 e. The second kappa shape index (κ2) is 10.3. The first kappa shape index (κ1) is 21.9. The highest BCUT2D eigenvalue weighted by atomic mass is 35.5. The van der Waals surface area contributed by atoms with Crippen molar-refractivity contribution in [2.24, 2.45) is 5.92 Å². The van der Waals surface area contributed by atoms with Crippen LogP contribution in [-0.2, 0) is 6.42 Å². The summed E-state index contributed by atoms with van der Waals surface area (Å²) in [6, 6.07) is 20.8. The SMILES string of the molecule is CN(C)C(c1ccccc1)C1CCC(NCCc2c[nH]c3ccccc23)CC1.Cl. The molecule has 2 aromatic carbocycles. The maximum atomic E-state index is 3.83. The Bertz CT molecular complexity index is 866. The molecular formula is C25H34ClN3. The third-order valence-electron chi connectivity index (χ3n) is 6.42. The molecule has 0 radical (unpaired) electrons. The van der Waals surface area contributed by atoms with Crippen molar-refractivity contribution in [3.05, 3.63) is 71.9 Å². The summed E-state index contributed by atoms with van der Waals surface area (Å²) in [5.74, 6) is 0.754. The van der Waals surface area contributed by atoms with E-state index in [1.165, 1.54) is 47.7 Å². The van der Waals surface area contributed by atoms with Gasteiger partial charge in [-0.2, -0.15) is 0 Å². The summed E-state index contributed by atoms with van der Waals surface area (Å²) in [6.45, 7) is 1.06. The molecule has 1 saturated carbocycles. The van der Waals surface area contributed by atoms with Gasteiger partial charge in [0.25, 0.3) is 0 Å². The molecule has 0 saturated heterocycles. The predicted octanol–water partition coefficient (Wildman–Crippen LogP) is 5.58. The molecule has 1 heterocycles. The molecule has 1 unspecified atom stereocenters. The van der Waals surface area contributed by atoms with Crippen LogP contribution >= 0.6 is 12.4 Å². The lowest BCUT2D eigenvalue weighted by molar-refractivity contribution is 0.157. The van der Waals surface area contributed by atoms with E-state index in [9.17, 15) is 0 Å². The van der Waals surface area contributed by atoms with Crippen LogP contribution in [0.15, 0.2) is 60.8 Å². The van der Waals surface area contributed by atoms with Gasteiger partial charge in [-0.3, -0.25) is 0 Å². The molecule has 1 atom stereocenters. The average Bonchev–Trinajstić information content (AvgIpc) is 3.13. The molecule has 1 aromatic heterocycles. The van der Waals surface area contributed by atoms with Gasteiger partial charge in [-0.05, 0) is 75.9 Å². The van der Waals surface area contributed by atoms with Crippen LogP contribution in [0.4, 0.5) is 0 Å². The molecule has 1 aliphatic carbocycles. The van der Waals surface area contributed by atoms with Gasteiger partial charge in [0.05, 0.1) is 0 Å². The smallest absolute Gasteiger partial charge is 0.0456 e. The van der Waals surface area contributed by atoms with E-state index in [0.29, 0.717) is 12.1 Å². The summed E-state index contributed by atoms with van der Waals surface area (Å²) >= 11 is 0. The molecule has 156 valence electrons. The van der Waals surface area contributed by atoms with E-state index < -0.39 is 0 Å². The van der Waals surface area contributed by atoms with Gasteiger partial charge >= 0.3 is 0 Å². The Morgan fingerprint density at radius 1 is 0.966 bits per heavy atom. The minimum absolute atomic E-state index is 0. The Morgan fingerprint density at radius 3 is 2.38 bits per heavy atom. The third-order valence-corrected chi connectivity index (χ3v) is 6.42. The summed E-state index contributed by atoms with van der Waals surface area (Å²) in [6.07, 6.45) is 8.45. The number of rotatable bonds is 7. The van der Waals surface area contributed by atoms with Crippen molar-refractivity contribution in [2.45, 2.75) is 44.2 Å². The minimum Gasteiger partial charge on any atom is -0.361 e. The van der Waals surface area contributed by atoms with Gasteiger partial charge in [-0.15, -0.1) is 12.4 Å². The van der Waals surface area contributed by atoms with E-state index >= 15 is 0 Å². The number of benzene rings is 2. The molecular weight excluding hydrogens is 378 g/mol. The number of aromatic nitrogens is 1. The lowest BCUT2D eigenvalue weighted by Gasteiger charge is -2.38. The highest BCUT2D eigenvalue weighted by Crippen LogP contribution is 2.37. The monoisotopic (exact) mass is 411 g/mol. The topological polar surface area (TPSA) is 31.1 Å². The highest BCUT2D eigenvalue weighted by molar-refractivity contribution is 5.85. The van der Waals surface area contributed by atoms with E-state index in [-0.39, 0.29) is 12.4 Å². The van der Waals surface area contributed by atoms with Crippen molar-refractivity contribution in [3.63, 3.8) is 0 Å².